The number of hydrogen-bond acceptors (Lipinski definition) is 3. The van der Waals surface area contributed by atoms with Crippen molar-refractivity contribution in [2.45, 2.75) is 19.4 Å². The molecule has 0 aliphatic carbocycles. The van der Waals surface area contributed by atoms with E-state index in [2.05, 4.69) is 18.1 Å². The van der Waals surface area contributed by atoms with Gasteiger partial charge in [-0.15, -0.1) is 0 Å². The Hall–Kier alpha value is -1.97. The summed E-state index contributed by atoms with van der Waals surface area (Å²) in [6.45, 7) is 2.08. The summed E-state index contributed by atoms with van der Waals surface area (Å²) in [6.07, 6.45) is 1.24. The van der Waals surface area contributed by atoms with Crippen LogP contribution < -0.4 is 10.5 Å². The highest BCUT2D eigenvalue weighted by Gasteiger charge is 2.19. The van der Waals surface area contributed by atoms with Crippen molar-refractivity contribution in [3.63, 3.8) is 0 Å². The highest BCUT2D eigenvalue weighted by Crippen LogP contribution is 2.32. The molecule has 1 atom stereocenters. The second kappa shape index (κ2) is 3.52. The standard InChI is InChI=1S/C13H15N3O/c1-8-5-10-6-9(3-4-12(10)17-8)11-7-13(14)16(2)15-11/h3-4,6-8H,5,14H2,1-2H3. The first-order valence-corrected chi connectivity index (χ1v) is 5.73. The third-order valence-corrected chi connectivity index (χ3v) is 3.11. The van der Waals surface area contributed by atoms with Gasteiger partial charge in [0.05, 0.1) is 5.69 Å². The third kappa shape index (κ3) is 1.65. The Labute approximate surface area is 100 Å². The fraction of sp³-hybridized carbons (Fsp3) is 0.308. The molecule has 0 spiro atoms. The molecule has 2 N–H and O–H groups in total. The summed E-state index contributed by atoms with van der Waals surface area (Å²) < 4.78 is 7.36. The maximum absolute atomic E-state index is 5.79. The van der Waals surface area contributed by atoms with Gasteiger partial charge in [0.15, 0.2) is 0 Å². The second-order valence-corrected chi connectivity index (χ2v) is 4.53. The molecular formula is C13H15N3O. The quantitative estimate of drug-likeness (QED) is 0.813. The zero-order chi connectivity index (χ0) is 12.0. The van der Waals surface area contributed by atoms with Crippen LogP contribution in [0.15, 0.2) is 24.3 Å². The van der Waals surface area contributed by atoms with E-state index < -0.39 is 0 Å². The molecule has 0 bridgehead atoms. The minimum atomic E-state index is 0.272. The van der Waals surface area contributed by atoms with Gasteiger partial charge in [0, 0.05) is 25.1 Å². The number of anilines is 1. The van der Waals surface area contributed by atoms with Crippen LogP contribution in [-0.2, 0) is 13.5 Å². The molecule has 17 heavy (non-hydrogen) atoms. The summed E-state index contributed by atoms with van der Waals surface area (Å²) in [5, 5.41) is 4.38. The molecule has 1 aliphatic heterocycles. The van der Waals surface area contributed by atoms with Crippen LogP contribution in [0, 0.1) is 0 Å². The lowest BCUT2D eigenvalue weighted by atomic mass is 10.1. The number of nitrogen functional groups attached to an aromatic ring is 1. The molecule has 2 heterocycles. The molecule has 3 rings (SSSR count). The molecule has 0 amide bonds. The van der Waals surface area contributed by atoms with Crippen LogP contribution in [0.25, 0.3) is 11.3 Å². The van der Waals surface area contributed by atoms with E-state index in [9.17, 15) is 0 Å². The summed E-state index contributed by atoms with van der Waals surface area (Å²) in [6, 6.07) is 8.07. The number of benzene rings is 1. The predicted octanol–water partition coefficient (Wildman–Crippen LogP) is 1.99. The van der Waals surface area contributed by atoms with Gasteiger partial charge in [-0.2, -0.15) is 5.10 Å². The lowest BCUT2D eigenvalue weighted by molar-refractivity contribution is 0.254. The van der Waals surface area contributed by atoms with E-state index in [1.54, 1.807) is 4.68 Å². The van der Waals surface area contributed by atoms with Crippen molar-refractivity contribution >= 4 is 5.82 Å². The number of nitrogens with zero attached hydrogens (tertiary/aromatic N) is 2. The fourth-order valence-electron chi connectivity index (χ4n) is 2.20. The number of ether oxygens (including phenoxy) is 1. The van der Waals surface area contributed by atoms with Gasteiger partial charge in [0.25, 0.3) is 0 Å². The zero-order valence-electron chi connectivity index (χ0n) is 9.97. The van der Waals surface area contributed by atoms with Crippen LogP contribution in [0.2, 0.25) is 0 Å². The molecule has 0 saturated heterocycles. The van der Waals surface area contributed by atoms with Gasteiger partial charge in [-0.05, 0) is 30.7 Å². The third-order valence-electron chi connectivity index (χ3n) is 3.11. The van der Waals surface area contributed by atoms with E-state index in [0.29, 0.717) is 5.82 Å². The minimum absolute atomic E-state index is 0.272. The van der Waals surface area contributed by atoms with Crippen molar-refractivity contribution in [2.24, 2.45) is 7.05 Å². The smallest absolute Gasteiger partial charge is 0.123 e. The van der Waals surface area contributed by atoms with Crippen molar-refractivity contribution in [3.05, 3.63) is 29.8 Å². The highest BCUT2D eigenvalue weighted by molar-refractivity contribution is 5.65. The zero-order valence-corrected chi connectivity index (χ0v) is 9.97. The maximum Gasteiger partial charge on any atom is 0.123 e. The molecule has 0 saturated carbocycles. The molecule has 4 heteroatoms. The Balaban J connectivity index is 2.03. The van der Waals surface area contributed by atoms with Gasteiger partial charge < -0.3 is 10.5 Å². The fourth-order valence-corrected chi connectivity index (χ4v) is 2.20. The molecule has 88 valence electrons. The van der Waals surface area contributed by atoms with Crippen molar-refractivity contribution in [2.75, 3.05) is 5.73 Å². The lowest BCUT2D eigenvalue weighted by Gasteiger charge is -2.02. The average Bonchev–Trinajstić information content (AvgIpc) is 2.80. The largest absolute Gasteiger partial charge is 0.490 e. The highest BCUT2D eigenvalue weighted by atomic mass is 16.5. The Morgan fingerprint density at radius 1 is 1.41 bits per heavy atom. The van der Waals surface area contributed by atoms with E-state index in [-0.39, 0.29) is 6.10 Å². The average molecular weight is 229 g/mol. The molecule has 4 nitrogen and oxygen atoms in total. The normalized spacial score (nSPS) is 17.9. The van der Waals surface area contributed by atoms with E-state index in [1.807, 2.05) is 25.2 Å². The second-order valence-electron chi connectivity index (χ2n) is 4.53. The van der Waals surface area contributed by atoms with E-state index in [4.69, 9.17) is 10.5 Å². The topological polar surface area (TPSA) is 53.1 Å². The van der Waals surface area contributed by atoms with Crippen LogP contribution in [0.1, 0.15) is 12.5 Å². The first-order valence-electron chi connectivity index (χ1n) is 5.73. The van der Waals surface area contributed by atoms with Crippen molar-refractivity contribution < 1.29 is 4.74 Å². The van der Waals surface area contributed by atoms with Crippen molar-refractivity contribution in [1.82, 2.24) is 9.78 Å². The van der Waals surface area contributed by atoms with Gasteiger partial charge in [-0.3, -0.25) is 4.68 Å². The molecule has 1 aromatic carbocycles. The molecular weight excluding hydrogens is 214 g/mol. The number of fused-ring (bicyclic) bond motifs is 1. The first-order chi connectivity index (χ1) is 8.13. The Kier molecular flexibility index (Phi) is 2.11. The number of aryl methyl sites for hydroxylation is 1. The molecule has 1 aromatic heterocycles. The van der Waals surface area contributed by atoms with Crippen molar-refractivity contribution in [1.29, 1.82) is 0 Å². The Bertz CT molecular complexity index is 555. The van der Waals surface area contributed by atoms with E-state index in [1.165, 1.54) is 5.56 Å². The summed E-state index contributed by atoms with van der Waals surface area (Å²) in [4.78, 5) is 0. The minimum Gasteiger partial charge on any atom is -0.490 e. The number of aromatic nitrogens is 2. The maximum atomic E-state index is 5.79. The van der Waals surface area contributed by atoms with Gasteiger partial charge in [-0.25, -0.2) is 0 Å². The van der Waals surface area contributed by atoms with Gasteiger partial charge >= 0.3 is 0 Å². The Morgan fingerprint density at radius 3 is 2.94 bits per heavy atom. The van der Waals surface area contributed by atoms with Crippen LogP contribution in [-0.4, -0.2) is 15.9 Å². The lowest BCUT2D eigenvalue weighted by Crippen LogP contribution is -2.05. The molecule has 1 unspecified atom stereocenters. The van der Waals surface area contributed by atoms with Crippen molar-refractivity contribution in [3.8, 4) is 17.0 Å². The molecule has 1 aliphatic rings. The molecule has 2 aromatic rings. The number of rotatable bonds is 1. The van der Waals surface area contributed by atoms with Crippen LogP contribution >= 0.6 is 0 Å². The SMILES string of the molecule is CC1Cc2cc(-c3cc(N)n(C)n3)ccc2O1. The van der Waals surface area contributed by atoms with Gasteiger partial charge in [-0.1, -0.05) is 0 Å². The van der Waals surface area contributed by atoms with E-state index >= 15 is 0 Å². The monoisotopic (exact) mass is 229 g/mol. The molecule has 0 radical (unpaired) electrons. The Morgan fingerprint density at radius 2 is 2.24 bits per heavy atom. The van der Waals surface area contributed by atoms with Crippen LogP contribution in [0.5, 0.6) is 5.75 Å². The van der Waals surface area contributed by atoms with Crippen LogP contribution in [0.3, 0.4) is 0 Å². The van der Waals surface area contributed by atoms with Crippen LogP contribution in [0.4, 0.5) is 5.82 Å². The number of hydrogen-bond donors (Lipinski definition) is 1. The summed E-state index contributed by atoms with van der Waals surface area (Å²) in [5.41, 5.74) is 9.04. The van der Waals surface area contributed by atoms with Gasteiger partial charge in [0.2, 0.25) is 0 Å². The first kappa shape index (κ1) is 10.2. The summed E-state index contributed by atoms with van der Waals surface area (Å²) >= 11 is 0. The summed E-state index contributed by atoms with van der Waals surface area (Å²) in [7, 11) is 1.84. The van der Waals surface area contributed by atoms with E-state index in [0.717, 1.165) is 23.4 Å². The van der Waals surface area contributed by atoms with Gasteiger partial charge in [0.1, 0.15) is 17.7 Å². The summed E-state index contributed by atoms with van der Waals surface area (Å²) in [5.74, 6) is 1.66. The number of nitrogens with two attached hydrogens (primary N) is 1. The molecule has 0 fully saturated rings. The predicted molar refractivity (Wildman–Crippen MR) is 66.9 cm³/mol.